The number of halogens is 12. The topological polar surface area (TPSA) is 17.6 Å². The van der Waals surface area contributed by atoms with Crippen molar-refractivity contribution in [3.63, 3.8) is 0 Å². The molecule has 3 rings (SSSR count). The minimum absolute atomic E-state index is 0.992. The first-order valence-corrected chi connectivity index (χ1v) is 13.1. The monoisotopic (exact) mass is 558 g/mol. The summed E-state index contributed by atoms with van der Waals surface area (Å²) in [6.07, 6.45) is 12.6. The van der Waals surface area contributed by atoms with Gasteiger partial charge in [-0.2, -0.15) is 0 Å². The third-order valence-corrected chi connectivity index (χ3v) is 3.56. The number of nitrogens with zero attached hydrogens (tertiary/aromatic N) is 4. The van der Waals surface area contributed by atoms with Crippen molar-refractivity contribution in [3.8, 4) is 11.4 Å². The van der Waals surface area contributed by atoms with Crippen molar-refractivity contribution >= 4 is 15.6 Å². The van der Waals surface area contributed by atoms with Gasteiger partial charge in [0.15, 0.2) is 0 Å². The Kier molecular flexibility index (Phi) is 7.08. The van der Waals surface area contributed by atoms with Gasteiger partial charge in [-0.25, -0.2) is 18.3 Å². The van der Waals surface area contributed by atoms with Crippen molar-refractivity contribution in [3.05, 3.63) is 61.7 Å². The SMILES string of the molecule is CC[n+]1ccn(-c2ccc(-n3cc[n+](CC)c3)cc2)c1.F[P-](F)(F)(F)(F)F.F[P-](F)(F)(F)(F)F. The molecule has 1 aromatic carbocycles. The molecule has 198 valence electrons. The quantitative estimate of drug-likeness (QED) is 0.173. The molecule has 2 heterocycles. The first kappa shape index (κ1) is 29.7. The average molecular weight is 558 g/mol. The van der Waals surface area contributed by atoms with Gasteiger partial charge in [-0.1, -0.05) is 0 Å². The predicted octanol–water partition coefficient (Wildman–Crippen LogP) is 8.65. The van der Waals surface area contributed by atoms with Gasteiger partial charge in [-0.3, -0.25) is 0 Å². The van der Waals surface area contributed by atoms with E-state index < -0.39 is 15.6 Å². The van der Waals surface area contributed by atoms with Crippen LogP contribution >= 0.6 is 15.6 Å². The number of rotatable bonds is 4. The summed E-state index contributed by atoms with van der Waals surface area (Å²) in [7, 11) is -21.3. The van der Waals surface area contributed by atoms with Gasteiger partial charge in [0, 0.05) is 0 Å². The second kappa shape index (κ2) is 8.11. The summed E-state index contributed by atoms with van der Waals surface area (Å²) in [6.45, 7) is 6.27. The molecular weight excluding hydrogens is 538 g/mol. The molecule has 2 aromatic heterocycles. The molecular formula is C16H20F12N4P2. The van der Waals surface area contributed by atoms with Gasteiger partial charge >= 0.3 is 66.0 Å². The van der Waals surface area contributed by atoms with Crippen molar-refractivity contribution in [2.75, 3.05) is 0 Å². The number of aromatic nitrogens is 4. The van der Waals surface area contributed by atoms with Crippen molar-refractivity contribution in [1.82, 2.24) is 9.13 Å². The van der Waals surface area contributed by atoms with E-state index in [0.29, 0.717) is 0 Å². The van der Waals surface area contributed by atoms with Crippen LogP contribution in [0.4, 0.5) is 50.4 Å². The average Bonchev–Trinajstić information content (AvgIpc) is 3.26. The molecule has 34 heavy (non-hydrogen) atoms. The van der Waals surface area contributed by atoms with E-state index in [2.05, 4.69) is 93.8 Å². The summed E-state index contributed by atoms with van der Waals surface area (Å²) < 4.78 is 127. The van der Waals surface area contributed by atoms with Gasteiger partial charge in [-0.15, -0.1) is 0 Å². The molecule has 3 aromatic rings. The molecule has 0 aliphatic carbocycles. The summed E-state index contributed by atoms with van der Waals surface area (Å²) in [5, 5.41) is 0. The van der Waals surface area contributed by atoms with Crippen LogP contribution < -0.4 is 9.13 Å². The van der Waals surface area contributed by atoms with Gasteiger partial charge in [0.05, 0.1) is 13.1 Å². The minimum atomic E-state index is -10.7. The molecule has 0 N–H and O–H groups in total. The molecule has 4 nitrogen and oxygen atoms in total. The Balaban J connectivity index is 0.000000343. The first-order chi connectivity index (χ1) is 14.7. The van der Waals surface area contributed by atoms with Crippen molar-refractivity contribution in [1.29, 1.82) is 0 Å². The normalized spacial score (nSPS) is 15.9. The Labute approximate surface area is 185 Å². The molecule has 0 radical (unpaired) electrons. The molecule has 0 saturated heterocycles. The second-order valence-corrected chi connectivity index (χ2v) is 10.6. The Hall–Kier alpha value is -2.34. The molecule has 0 atom stereocenters. The van der Waals surface area contributed by atoms with Crippen LogP contribution in [0.3, 0.4) is 0 Å². The summed E-state index contributed by atoms with van der Waals surface area (Å²) in [5.74, 6) is 0. The van der Waals surface area contributed by atoms with Gasteiger partial charge in [-0.05, 0) is 38.1 Å². The van der Waals surface area contributed by atoms with E-state index in [1.165, 1.54) is 11.4 Å². The van der Waals surface area contributed by atoms with Crippen LogP contribution in [0.15, 0.2) is 61.7 Å². The molecule has 0 aliphatic rings. The maximum absolute atomic E-state index is 10.7. The number of imidazole rings is 2. The van der Waals surface area contributed by atoms with Crippen molar-refractivity contribution < 1.29 is 59.5 Å². The fourth-order valence-corrected chi connectivity index (χ4v) is 2.26. The Morgan fingerprint density at radius 1 is 0.559 bits per heavy atom. The molecule has 18 heteroatoms. The Bertz CT molecular complexity index is 986. The molecule has 0 aliphatic heterocycles. The zero-order valence-electron chi connectivity index (χ0n) is 17.4. The summed E-state index contributed by atoms with van der Waals surface area (Å²) in [5.41, 5.74) is 2.35. The second-order valence-electron chi connectivity index (χ2n) is 6.74. The van der Waals surface area contributed by atoms with Crippen LogP contribution in [-0.2, 0) is 13.1 Å². The molecule has 0 amide bonds. The van der Waals surface area contributed by atoms with Crippen LogP contribution in [0.25, 0.3) is 11.4 Å². The van der Waals surface area contributed by atoms with Crippen LogP contribution in [0.5, 0.6) is 0 Å². The van der Waals surface area contributed by atoms with E-state index in [1.807, 2.05) is 0 Å². The number of hydrogen-bond acceptors (Lipinski definition) is 0. The van der Waals surface area contributed by atoms with E-state index in [0.717, 1.165) is 13.1 Å². The molecule has 0 spiro atoms. The van der Waals surface area contributed by atoms with E-state index in [9.17, 15) is 50.4 Å². The van der Waals surface area contributed by atoms with E-state index >= 15 is 0 Å². The van der Waals surface area contributed by atoms with Gasteiger partial charge in [0.25, 0.3) is 0 Å². The van der Waals surface area contributed by atoms with Gasteiger partial charge in [0.2, 0.25) is 12.7 Å². The molecule has 0 fully saturated rings. The fraction of sp³-hybridized carbons (Fsp3) is 0.250. The summed E-state index contributed by atoms with van der Waals surface area (Å²) in [6, 6.07) is 8.58. The predicted molar refractivity (Wildman–Crippen MR) is 104 cm³/mol. The van der Waals surface area contributed by atoms with Crippen LogP contribution in [0.1, 0.15) is 13.8 Å². The molecule has 0 unspecified atom stereocenters. The summed E-state index contributed by atoms with van der Waals surface area (Å²) >= 11 is 0. The third kappa shape index (κ3) is 17.2. The van der Waals surface area contributed by atoms with Crippen LogP contribution in [-0.4, -0.2) is 9.13 Å². The van der Waals surface area contributed by atoms with Crippen molar-refractivity contribution in [2.45, 2.75) is 26.9 Å². The fourth-order valence-electron chi connectivity index (χ4n) is 2.26. The zero-order valence-corrected chi connectivity index (χ0v) is 19.2. The van der Waals surface area contributed by atoms with Crippen LogP contribution in [0, 0.1) is 0 Å². The van der Waals surface area contributed by atoms with E-state index in [1.54, 1.807) is 0 Å². The van der Waals surface area contributed by atoms with Crippen LogP contribution in [0.2, 0.25) is 0 Å². The van der Waals surface area contributed by atoms with E-state index in [-0.39, 0.29) is 0 Å². The maximum atomic E-state index is 9.87. The number of benzene rings is 1. The zero-order chi connectivity index (χ0) is 26.8. The molecule has 0 bridgehead atoms. The van der Waals surface area contributed by atoms with Gasteiger partial charge < -0.3 is 0 Å². The Morgan fingerprint density at radius 3 is 0.971 bits per heavy atom. The third-order valence-electron chi connectivity index (χ3n) is 3.56. The number of aryl methyl sites for hydroxylation is 2. The summed E-state index contributed by atoms with van der Waals surface area (Å²) in [4.78, 5) is 0. The molecule has 0 saturated carbocycles. The van der Waals surface area contributed by atoms with E-state index in [4.69, 9.17) is 0 Å². The first-order valence-electron chi connectivity index (χ1n) is 9.08. The number of hydrogen-bond donors (Lipinski definition) is 0. The van der Waals surface area contributed by atoms with Gasteiger partial charge in [0.1, 0.15) is 36.2 Å². The Morgan fingerprint density at radius 2 is 0.794 bits per heavy atom. The standard InChI is InChI=1S/C16H20N4.2F6P/c1-3-17-9-11-19(13-17)15-5-7-16(8-6-15)20-12-10-18(4-2)14-20;2*1-7(2,3,4,5)6/h5-14H,3-4H2,1-2H3;;/q+2;2*-1. The van der Waals surface area contributed by atoms with Crippen molar-refractivity contribution in [2.24, 2.45) is 0 Å².